The average Bonchev–Trinajstić information content (AvgIpc) is 3.05. The first-order valence-electron chi connectivity index (χ1n) is 6.63. The summed E-state index contributed by atoms with van der Waals surface area (Å²) in [5, 5.41) is 3.97. The second-order valence-corrected chi connectivity index (χ2v) is 5.81. The van der Waals surface area contributed by atoms with Gasteiger partial charge in [-0.1, -0.05) is 11.6 Å². The fraction of sp³-hybridized carbons (Fsp3) is 0.571. The highest BCUT2D eigenvalue weighted by atomic mass is 35.5. The van der Waals surface area contributed by atoms with Crippen molar-refractivity contribution in [3.63, 3.8) is 0 Å². The van der Waals surface area contributed by atoms with Gasteiger partial charge in [-0.3, -0.25) is 4.90 Å². The third kappa shape index (κ3) is 3.02. The third-order valence-corrected chi connectivity index (χ3v) is 4.02. The van der Waals surface area contributed by atoms with E-state index in [2.05, 4.69) is 10.2 Å². The number of rotatable bonds is 4. The van der Waals surface area contributed by atoms with Gasteiger partial charge in [0.15, 0.2) is 0 Å². The molecule has 0 amide bonds. The van der Waals surface area contributed by atoms with Crippen LogP contribution in [0.5, 0.6) is 0 Å². The van der Waals surface area contributed by atoms with Gasteiger partial charge in [-0.25, -0.2) is 4.39 Å². The lowest BCUT2D eigenvalue weighted by Gasteiger charge is -2.15. The summed E-state index contributed by atoms with van der Waals surface area (Å²) in [4.78, 5) is 2.57. The molecule has 1 saturated heterocycles. The monoisotopic (exact) mass is 268 g/mol. The highest BCUT2D eigenvalue weighted by molar-refractivity contribution is 6.30. The van der Waals surface area contributed by atoms with Gasteiger partial charge in [0.25, 0.3) is 0 Å². The van der Waals surface area contributed by atoms with Crippen LogP contribution in [0.2, 0.25) is 5.02 Å². The van der Waals surface area contributed by atoms with E-state index in [1.54, 1.807) is 6.07 Å². The van der Waals surface area contributed by atoms with Crippen LogP contribution in [0.15, 0.2) is 18.2 Å². The Hall–Kier alpha value is -0.640. The van der Waals surface area contributed by atoms with E-state index in [1.165, 1.54) is 31.9 Å². The van der Waals surface area contributed by atoms with Crippen LogP contribution in [0, 0.1) is 5.82 Å². The predicted molar refractivity (Wildman–Crippen MR) is 71.2 cm³/mol. The molecule has 18 heavy (non-hydrogen) atoms. The molecule has 0 spiro atoms. The molecule has 1 aromatic rings. The van der Waals surface area contributed by atoms with Gasteiger partial charge in [-0.2, -0.15) is 0 Å². The first-order chi connectivity index (χ1) is 8.70. The maximum absolute atomic E-state index is 13.2. The van der Waals surface area contributed by atoms with Crippen LogP contribution in [-0.2, 0) is 6.54 Å². The van der Waals surface area contributed by atoms with Gasteiger partial charge in [0.05, 0.1) is 0 Å². The lowest BCUT2D eigenvalue weighted by atomic mass is 10.2. The Morgan fingerprint density at radius 2 is 2.11 bits per heavy atom. The molecular formula is C14H18ClFN2. The van der Waals surface area contributed by atoms with E-state index in [0.29, 0.717) is 17.6 Å². The molecule has 0 aromatic heterocycles. The van der Waals surface area contributed by atoms with Gasteiger partial charge in [0.2, 0.25) is 0 Å². The number of halogens is 2. The summed E-state index contributed by atoms with van der Waals surface area (Å²) in [6, 6.07) is 6.10. The SMILES string of the molecule is Fc1cc(Cl)cc(CNC2CCN(C3CC3)C2)c1. The Bertz CT molecular complexity index is 414. The molecule has 2 fully saturated rings. The van der Waals surface area contributed by atoms with Gasteiger partial charge in [0.1, 0.15) is 5.82 Å². The standard InChI is InChI=1S/C14H18ClFN2/c15-11-5-10(6-12(16)7-11)8-17-13-3-4-18(9-13)14-1-2-14/h5-7,13-14,17H,1-4,8-9H2. The molecule has 3 rings (SSSR count). The van der Waals surface area contributed by atoms with Crippen molar-refractivity contribution in [1.29, 1.82) is 0 Å². The van der Waals surface area contributed by atoms with E-state index < -0.39 is 0 Å². The minimum Gasteiger partial charge on any atom is -0.309 e. The largest absolute Gasteiger partial charge is 0.309 e. The van der Waals surface area contributed by atoms with Crippen molar-refractivity contribution in [2.24, 2.45) is 0 Å². The predicted octanol–water partition coefficient (Wildman–Crippen LogP) is 2.81. The van der Waals surface area contributed by atoms with Crippen molar-refractivity contribution >= 4 is 11.6 Å². The van der Waals surface area contributed by atoms with Crippen LogP contribution in [0.3, 0.4) is 0 Å². The number of hydrogen-bond donors (Lipinski definition) is 1. The Kier molecular flexibility index (Phi) is 3.55. The summed E-state index contributed by atoms with van der Waals surface area (Å²) < 4.78 is 13.2. The Morgan fingerprint density at radius 3 is 2.83 bits per heavy atom. The Morgan fingerprint density at radius 1 is 1.28 bits per heavy atom. The van der Waals surface area contributed by atoms with E-state index in [4.69, 9.17) is 11.6 Å². The summed E-state index contributed by atoms with van der Waals surface area (Å²) in [5.74, 6) is -0.259. The molecule has 1 unspecified atom stereocenters. The molecule has 1 heterocycles. The molecular weight excluding hydrogens is 251 g/mol. The van der Waals surface area contributed by atoms with Crippen LogP contribution < -0.4 is 5.32 Å². The molecule has 1 atom stereocenters. The fourth-order valence-corrected chi connectivity index (χ4v) is 2.94. The highest BCUT2D eigenvalue weighted by Crippen LogP contribution is 2.29. The molecule has 98 valence electrons. The van der Waals surface area contributed by atoms with E-state index in [0.717, 1.165) is 18.2 Å². The average molecular weight is 269 g/mol. The van der Waals surface area contributed by atoms with Crippen LogP contribution in [0.4, 0.5) is 4.39 Å². The maximum Gasteiger partial charge on any atom is 0.125 e. The molecule has 1 N–H and O–H groups in total. The summed E-state index contributed by atoms with van der Waals surface area (Å²) in [6.45, 7) is 3.03. The van der Waals surface area contributed by atoms with Crippen LogP contribution >= 0.6 is 11.6 Å². The minimum atomic E-state index is -0.259. The second kappa shape index (κ2) is 5.16. The van der Waals surface area contributed by atoms with Crippen molar-refractivity contribution in [2.45, 2.75) is 37.9 Å². The quantitative estimate of drug-likeness (QED) is 0.903. The zero-order chi connectivity index (χ0) is 12.5. The second-order valence-electron chi connectivity index (χ2n) is 5.37. The summed E-state index contributed by atoms with van der Waals surface area (Å²) in [6.07, 6.45) is 3.93. The summed E-state index contributed by atoms with van der Waals surface area (Å²) in [5.41, 5.74) is 0.921. The smallest absolute Gasteiger partial charge is 0.125 e. The van der Waals surface area contributed by atoms with Crippen molar-refractivity contribution in [2.75, 3.05) is 13.1 Å². The van der Waals surface area contributed by atoms with E-state index >= 15 is 0 Å². The molecule has 2 aliphatic rings. The lowest BCUT2D eigenvalue weighted by molar-refractivity contribution is 0.317. The Balaban J connectivity index is 1.51. The molecule has 0 radical (unpaired) electrons. The van der Waals surface area contributed by atoms with Crippen LogP contribution in [0.25, 0.3) is 0 Å². The molecule has 1 aliphatic carbocycles. The van der Waals surface area contributed by atoms with E-state index in [9.17, 15) is 4.39 Å². The number of likely N-dealkylation sites (tertiary alicyclic amines) is 1. The zero-order valence-corrected chi connectivity index (χ0v) is 11.1. The number of nitrogens with zero attached hydrogens (tertiary/aromatic N) is 1. The molecule has 2 nitrogen and oxygen atoms in total. The maximum atomic E-state index is 13.2. The Labute approximate surface area is 112 Å². The van der Waals surface area contributed by atoms with Gasteiger partial charge >= 0.3 is 0 Å². The highest BCUT2D eigenvalue weighted by Gasteiger charge is 2.33. The third-order valence-electron chi connectivity index (χ3n) is 3.80. The number of nitrogens with one attached hydrogen (secondary N) is 1. The normalized spacial score (nSPS) is 24.7. The van der Waals surface area contributed by atoms with Gasteiger partial charge in [0, 0.05) is 36.7 Å². The van der Waals surface area contributed by atoms with Crippen molar-refractivity contribution in [3.05, 3.63) is 34.6 Å². The molecule has 1 aliphatic heterocycles. The van der Waals surface area contributed by atoms with Crippen molar-refractivity contribution < 1.29 is 4.39 Å². The van der Waals surface area contributed by atoms with E-state index in [-0.39, 0.29) is 5.82 Å². The van der Waals surface area contributed by atoms with Crippen molar-refractivity contribution in [1.82, 2.24) is 10.2 Å². The number of hydrogen-bond acceptors (Lipinski definition) is 2. The first kappa shape index (κ1) is 12.4. The topological polar surface area (TPSA) is 15.3 Å². The molecule has 1 saturated carbocycles. The van der Waals surface area contributed by atoms with Gasteiger partial charge in [-0.05, 0) is 43.0 Å². The minimum absolute atomic E-state index is 0.259. The van der Waals surface area contributed by atoms with E-state index in [1.807, 2.05) is 6.07 Å². The van der Waals surface area contributed by atoms with Gasteiger partial charge < -0.3 is 5.32 Å². The van der Waals surface area contributed by atoms with Crippen LogP contribution in [0.1, 0.15) is 24.8 Å². The summed E-state index contributed by atoms with van der Waals surface area (Å²) in [7, 11) is 0. The molecule has 0 bridgehead atoms. The zero-order valence-electron chi connectivity index (χ0n) is 10.3. The lowest BCUT2D eigenvalue weighted by Crippen LogP contribution is -2.32. The van der Waals surface area contributed by atoms with Crippen LogP contribution in [-0.4, -0.2) is 30.1 Å². The first-order valence-corrected chi connectivity index (χ1v) is 7.01. The molecule has 4 heteroatoms. The van der Waals surface area contributed by atoms with Crippen molar-refractivity contribution in [3.8, 4) is 0 Å². The van der Waals surface area contributed by atoms with Gasteiger partial charge in [-0.15, -0.1) is 0 Å². The number of benzene rings is 1. The molecule has 1 aromatic carbocycles. The fourth-order valence-electron chi connectivity index (χ4n) is 2.70. The summed E-state index contributed by atoms with van der Waals surface area (Å²) >= 11 is 5.84.